The summed E-state index contributed by atoms with van der Waals surface area (Å²) in [5.41, 5.74) is 2.02. The number of methoxy groups -OCH3 is 2. The Morgan fingerprint density at radius 1 is 1.27 bits per heavy atom. The Morgan fingerprint density at radius 3 is 2.80 bits per heavy atom. The number of hydrogen-bond acceptors (Lipinski definition) is 5. The average Bonchev–Trinajstić information content (AvgIpc) is 3.22. The third-order valence-electron chi connectivity index (χ3n) is 8.32. The zero-order chi connectivity index (χ0) is 20.2. The van der Waals surface area contributed by atoms with Crippen LogP contribution in [0.15, 0.2) is 18.2 Å². The van der Waals surface area contributed by atoms with Crippen molar-refractivity contribution in [3.63, 3.8) is 0 Å². The van der Waals surface area contributed by atoms with Gasteiger partial charge >= 0.3 is 0 Å². The summed E-state index contributed by atoms with van der Waals surface area (Å²) in [6, 6.07) is 6.72. The van der Waals surface area contributed by atoms with Crippen molar-refractivity contribution in [2.45, 2.75) is 68.6 Å². The van der Waals surface area contributed by atoms with Gasteiger partial charge in [0.1, 0.15) is 11.5 Å². The largest absolute Gasteiger partial charge is 0.497 e. The first-order chi connectivity index (χ1) is 14.0. The highest BCUT2D eigenvalue weighted by Crippen LogP contribution is 2.61. The summed E-state index contributed by atoms with van der Waals surface area (Å²) in [4.78, 5) is 15.5. The highest BCUT2D eigenvalue weighted by Gasteiger charge is 2.68. The van der Waals surface area contributed by atoms with E-state index in [0.29, 0.717) is 24.7 Å². The third kappa shape index (κ3) is 2.96. The molecule has 2 aliphatic carbocycles. The lowest BCUT2D eigenvalue weighted by molar-refractivity contribution is -0.212. The first-order valence-corrected chi connectivity index (χ1v) is 11.1. The van der Waals surface area contributed by atoms with E-state index >= 15 is 0 Å². The van der Waals surface area contributed by atoms with Gasteiger partial charge in [0, 0.05) is 44.6 Å². The van der Waals surface area contributed by atoms with Gasteiger partial charge in [-0.2, -0.15) is 0 Å². The van der Waals surface area contributed by atoms with E-state index in [9.17, 15) is 4.79 Å². The van der Waals surface area contributed by atoms with Crippen LogP contribution in [-0.2, 0) is 26.1 Å². The van der Waals surface area contributed by atoms with Crippen LogP contribution < -0.4 is 4.74 Å². The summed E-state index contributed by atoms with van der Waals surface area (Å²) in [7, 11) is 3.59. The average molecular weight is 436 g/mol. The van der Waals surface area contributed by atoms with Gasteiger partial charge in [-0.25, -0.2) is 0 Å². The zero-order valence-electron chi connectivity index (χ0n) is 18.3. The second-order valence-electron chi connectivity index (χ2n) is 9.52. The minimum absolute atomic E-state index is 0. The molecule has 2 saturated heterocycles. The SMILES string of the molecule is COc1ccc2c(c1)[C@]13CCN(CC4CCCO4)[C@H](C2)[C@]1(OC)[C@@H](C)CC(=O)C3.Cl. The second-order valence-corrected chi connectivity index (χ2v) is 9.52. The lowest BCUT2D eigenvalue weighted by atomic mass is 9.46. The molecule has 1 unspecified atom stereocenters. The normalized spacial score (nSPS) is 37.8. The standard InChI is InChI=1S/C24H33NO4.ClH/c1-16-11-18(26)14-23-8-9-25(15-20-5-4-10-29-20)22(24(16,23)28-3)12-17-6-7-19(27-2)13-21(17)23;/h6-7,13,16,20,22H,4-5,8-12,14-15H2,1-3H3;1H/t16-,20?,22+,23+,24+;/m0./s1. The van der Waals surface area contributed by atoms with E-state index in [1.54, 1.807) is 7.11 Å². The van der Waals surface area contributed by atoms with E-state index in [2.05, 4.69) is 30.0 Å². The van der Waals surface area contributed by atoms with Crippen molar-refractivity contribution in [3.8, 4) is 5.75 Å². The second kappa shape index (κ2) is 8.09. The summed E-state index contributed by atoms with van der Waals surface area (Å²) >= 11 is 0. The van der Waals surface area contributed by atoms with Crippen molar-refractivity contribution < 1.29 is 19.0 Å². The van der Waals surface area contributed by atoms with E-state index in [4.69, 9.17) is 14.2 Å². The van der Waals surface area contributed by atoms with Crippen LogP contribution in [0.2, 0.25) is 0 Å². The molecule has 2 bridgehead atoms. The minimum atomic E-state index is -0.350. The molecule has 0 N–H and O–H groups in total. The number of ketones is 1. The van der Waals surface area contributed by atoms with Crippen molar-refractivity contribution >= 4 is 18.2 Å². The number of nitrogens with zero attached hydrogens (tertiary/aromatic N) is 1. The fourth-order valence-electron chi connectivity index (χ4n) is 7.24. The van der Waals surface area contributed by atoms with Crippen LogP contribution in [0, 0.1) is 5.92 Å². The Bertz CT molecular complexity index is 810. The maximum Gasteiger partial charge on any atom is 0.134 e. The number of likely N-dealkylation sites (tertiary alicyclic amines) is 1. The third-order valence-corrected chi connectivity index (χ3v) is 8.32. The summed E-state index contributed by atoms with van der Waals surface area (Å²) < 4.78 is 18.1. The zero-order valence-corrected chi connectivity index (χ0v) is 19.1. The monoisotopic (exact) mass is 435 g/mol. The molecule has 6 heteroatoms. The van der Waals surface area contributed by atoms with Crippen molar-refractivity contribution in [3.05, 3.63) is 29.3 Å². The van der Waals surface area contributed by atoms with Gasteiger partial charge in [-0.1, -0.05) is 13.0 Å². The number of carbonyl (C=O) groups is 1. The molecule has 4 aliphatic rings. The molecule has 166 valence electrons. The molecule has 2 heterocycles. The lowest BCUT2D eigenvalue weighted by Gasteiger charge is -2.67. The van der Waals surface area contributed by atoms with Crippen molar-refractivity contribution in [2.24, 2.45) is 5.92 Å². The quantitative estimate of drug-likeness (QED) is 0.723. The van der Waals surface area contributed by atoms with Crippen LogP contribution in [0.3, 0.4) is 0 Å². The molecule has 0 radical (unpaired) electrons. The van der Waals surface area contributed by atoms with Crippen LogP contribution in [0.5, 0.6) is 5.75 Å². The summed E-state index contributed by atoms with van der Waals surface area (Å²) in [6.07, 6.45) is 5.73. The number of halogens is 1. The van der Waals surface area contributed by atoms with Gasteiger partial charge in [0.2, 0.25) is 0 Å². The van der Waals surface area contributed by atoms with E-state index in [0.717, 1.165) is 51.1 Å². The molecule has 0 spiro atoms. The predicted molar refractivity (Wildman–Crippen MR) is 118 cm³/mol. The van der Waals surface area contributed by atoms with E-state index < -0.39 is 0 Å². The molecule has 30 heavy (non-hydrogen) atoms. The molecule has 3 fully saturated rings. The Labute approximate surface area is 185 Å². The summed E-state index contributed by atoms with van der Waals surface area (Å²) in [5.74, 6) is 1.42. The lowest BCUT2D eigenvalue weighted by Crippen LogP contribution is -2.76. The highest BCUT2D eigenvalue weighted by molar-refractivity contribution is 5.85. The van der Waals surface area contributed by atoms with Gasteiger partial charge in [-0.3, -0.25) is 9.69 Å². The van der Waals surface area contributed by atoms with E-state index in [1.165, 1.54) is 11.1 Å². The number of ether oxygens (including phenoxy) is 3. The van der Waals surface area contributed by atoms with Gasteiger partial charge in [-0.15, -0.1) is 12.4 Å². The molecule has 5 atom stereocenters. The molecular formula is C24H34ClNO4. The number of Topliss-reactive ketones (excluding diaryl/α,β-unsaturated/α-hetero) is 1. The molecule has 1 aromatic rings. The number of carbonyl (C=O) groups excluding carboxylic acids is 1. The number of piperidine rings is 1. The van der Waals surface area contributed by atoms with Crippen LogP contribution in [0.4, 0.5) is 0 Å². The molecule has 0 amide bonds. The van der Waals surface area contributed by atoms with Gasteiger partial charge < -0.3 is 14.2 Å². The smallest absolute Gasteiger partial charge is 0.134 e. The summed E-state index contributed by atoms with van der Waals surface area (Å²) in [5, 5.41) is 0. The Hall–Kier alpha value is -1.14. The van der Waals surface area contributed by atoms with Gasteiger partial charge in [0.25, 0.3) is 0 Å². The maximum absolute atomic E-state index is 12.9. The van der Waals surface area contributed by atoms with Crippen molar-refractivity contribution in [2.75, 3.05) is 33.9 Å². The molecular weight excluding hydrogens is 402 g/mol. The molecule has 1 saturated carbocycles. The predicted octanol–water partition coefficient (Wildman–Crippen LogP) is 3.55. The Balaban J connectivity index is 0.00000218. The Morgan fingerprint density at radius 2 is 2.10 bits per heavy atom. The number of hydrogen-bond donors (Lipinski definition) is 0. The summed E-state index contributed by atoms with van der Waals surface area (Å²) in [6.45, 7) is 5.07. The first-order valence-electron chi connectivity index (χ1n) is 11.1. The molecule has 5 rings (SSSR count). The van der Waals surface area contributed by atoms with Crippen LogP contribution in [-0.4, -0.2) is 62.3 Å². The van der Waals surface area contributed by atoms with Crippen LogP contribution in [0.25, 0.3) is 0 Å². The van der Waals surface area contributed by atoms with Gasteiger partial charge in [0.05, 0.1) is 18.8 Å². The van der Waals surface area contributed by atoms with E-state index in [1.807, 2.05) is 7.11 Å². The fraction of sp³-hybridized carbons (Fsp3) is 0.708. The fourth-order valence-corrected chi connectivity index (χ4v) is 7.24. The molecule has 0 aromatic heterocycles. The van der Waals surface area contributed by atoms with Crippen molar-refractivity contribution in [1.82, 2.24) is 4.90 Å². The maximum atomic E-state index is 12.9. The highest BCUT2D eigenvalue weighted by atomic mass is 35.5. The van der Waals surface area contributed by atoms with Crippen LogP contribution >= 0.6 is 12.4 Å². The molecule has 1 aromatic carbocycles. The van der Waals surface area contributed by atoms with Crippen LogP contribution in [0.1, 0.15) is 50.2 Å². The van der Waals surface area contributed by atoms with E-state index in [-0.39, 0.29) is 35.4 Å². The Kier molecular flexibility index (Phi) is 5.95. The minimum Gasteiger partial charge on any atom is -0.497 e. The molecule has 2 aliphatic heterocycles. The molecule has 5 nitrogen and oxygen atoms in total. The number of fused-ring (bicyclic) bond motifs is 1. The van der Waals surface area contributed by atoms with Crippen molar-refractivity contribution in [1.29, 1.82) is 0 Å². The van der Waals surface area contributed by atoms with Gasteiger partial charge in [0.15, 0.2) is 0 Å². The first kappa shape index (κ1) is 22.1. The topological polar surface area (TPSA) is 48.0 Å². The number of benzene rings is 1. The van der Waals surface area contributed by atoms with Gasteiger partial charge in [-0.05, 0) is 61.4 Å². The number of rotatable bonds is 4.